The second kappa shape index (κ2) is 9.43. The number of carbonyl (C=O) groups is 1. The summed E-state index contributed by atoms with van der Waals surface area (Å²) < 4.78 is 39.8. The van der Waals surface area contributed by atoms with E-state index in [-0.39, 0.29) is 10.5 Å². The maximum atomic E-state index is 12.7. The Morgan fingerprint density at radius 1 is 0.964 bits per heavy atom. The van der Waals surface area contributed by atoms with Crippen molar-refractivity contribution >= 4 is 21.6 Å². The number of ether oxygens (including phenoxy) is 3. The van der Waals surface area contributed by atoms with E-state index in [4.69, 9.17) is 19.3 Å². The third-order valence-electron chi connectivity index (χ3n) is 3.59. The molecular formula is C19H24N2O6S. The molecule has 2 aromatic carbocycles. The first kappa shape index (κ1) is 21.5. The fourth-order valence-electron chi connectivity index (χ4n) is 2.47. The largest absolute Gasteiger partial charge is 0.490 e. The summed E-state index contributed by atoms with van der Waals surface area (Å²) in [5.74, 6) is 0.743. The highest BCUT2D eigenvalue weighted by molar-refractivity contribution is 7.89. The molecule has 0 atom stereocenters. The lowest BCUT2D eigenvalue weighted by atomic mass is 10.1. The van der Waals surface area contributed by atoms with Gasteiger partial charge < -0.3 is 19.5 Å². The fraction of sp³-hybridized carbons (Fsp3) is 0.316. The molecule has 0 saturated heterocycles. The van der Waals surface area contributed by atoms with E-state index in [0.717, 1.165) is 0 Å². The Kier molecular flexibility index (Phi) is 7.24. The number of anilines is 1. The molecule has 0 aliphatic heterocycles. The molecule has 0 aromatic heterocycles. The number of nitrogens with one attached hydrogen (secondary N) is 1. The zero-order valence-corrected chi connectivity index (χ0v) is 16.8. The molecule has 2 rings (SSSR count). The van der Waals surface area contributed by atoms with Crippen molar-refractivity contribution in [3.63, 3.8) is 0 Å². The Morgan fingerprint density at radius 3 is 2.04 bits per heavy atom. The van der Waals surface area contributed by atoms with Crippen LogP contribution in [0.4, 0.5) is 5.69 Å². The lowest BCUT2D eigenvalue weighted by Gasteiger charge is -2.17. The number of hydrogen-bond acceptors (Lipinski definition) is 6. The molecule has 0 radical (unpaired) electrons. The van der Waals surface area contributed by atoms with Gasteiger partial charge in [-0.2, -0.15) is 0 Å². The van der Waals surface area contributed by atoms with Crippen molar-refractivity contribution in [3.05, 3.63) is 42.0 Å². The fourth-order valence-corrected chi connectivity index (χ4v) is 3.03. The third-order valence-corrected chi connectivity index (χ3v) is 4.50. The van der Waals surface area contributed by atoms with E-state index in [1.807, 2.05) is 20.8 Å². The second-order valence-electron chi connectivity index (χ2n) is 5.63. The SMILES string of the molecule is CCOc1cc(C(=O)Nc2cccc(S(N)(=O)=O)c2)cc(OCC)c1OCC. The Morgan fingerprint density at radius 2 is 1.54 bits per heavy atom. The quantitative estimate of drug-likeness (QED) is 0.659. The maximum Gasteiger partial charge on any atom is 0.255 e. The van der Waals surface area contributed by atoms with Gasteiger partial charge in [-0.3, -0.25) is 4.79 Å². The molecule has 152 valence electrons. The molecule has 8 nitrogen and oxygen atoms in total. The summed E-state index contributed by atoms with van der Waals surface area (Å²) in [7, 11) is -3.87. The number of benzene rings is 2. The molecule has 0 bridgehead atoms. The Balaban J connectivity index is 2.39. The van der Waals surface area contributed by atoms with E-state index in [1.165, 1.54) is 18.2 Å². The van der Waals surface area contributed by atoms with Gasteiger partial charge in [-0.25, -0.2) is 13.6 Å². The molecule has 28 heavy (non-hydrogen) atoms. The number of sulfonamides is 1. The van der Waals surface area contributed by atoms with Gasteiger partial charge in [0.15, 0.2) is 11.5 Å². The molecule has 0 heterocycles. The number of amides is 1. The van der Waals surface area contributed by atoms with Gasteiger partial charge in [0.25, 0.3) is 5.91 Å². The Hall–Kier alpha value is -2.78. The van der Waals surface area contributed by atoms with Crippen molar-refractivity contribution < 1.29 is 27.4 Å². The summed E-state index contributed by atoms with van der Waals surface area (Å²) in [4.78, 5) is 12.6. The zero-order valence-electron chi connectivity index (χ0n) is 16.0. The predicted molar refractivity (Wildman–Crippen MR) is 106 cm³/mol. The molecule has 0 spiro atoms. The highest BCUT2D eigenvalue weighted by Crippen LogP contribution is 2.39. The molecule has 0 aliphatic rings. The summed E-state index contributed by atoms with van der Waals surface area (Å²) in [6, 6.07) is 8.79. The van der Waals surface area contributed by atoms with Gasteiger partial charge in [-0.05, 0) is 51.1 Å². The summed E-state index contributed by atoms with van der Waals surface area (Å²) in [6.07, 6.45) is 0. The van der Waals surface area contributed by atoms with Crippen molar-refractivity contribution in [2.75, 3.05) is 25.1 Å². The Bertz CT molecular complexity index is 916. The summed E-state index contributed by atoms with van der Waals surface area (Å²) in [5, 5.41) is 7.78. The van der Waals surface area contributed by atoms with Crippen molar-refractivity contribution in [3.8, 4) is 17.2 Å². The molecule has 0 fully saturated rings. The van der Waals surface area contributed by atoms with Crippen LogP contribution < -0.4 is 24.7 Å². The first-order chi connectivity index (χ1) is 13.3. The average Bonchev–Trinajstić information content (AvgIpc) is 2.64. The topological polar surface area (TPSA) is 117 Å². The van der Waals surface area contributed by atoms with Gasteiger partial charge in [0.2, 0.25) is 15.8 Å². The van der Waals surface area contributed by atoms with E-state index in [0.29, 0.717) is 42.8 Å². The highest BCUT2D eigenvalue weighted by atomic mass is 32.2. The average molecular weight is 408 g/mol. The normalized spacial score (nSPS) is 11.0. The van der Waals surface area contributed by atoms with E-state index in [9.17, 15) is 13.2 Å². The lowest BCUT2D eigenvalue weighted by Crippen LogP contribution is -2.15. The van der Waals surface area contributed by atoms with Gasteiger partial charge in [0.1, 0.15) is 0 Å². The summed E-state index contributed by atoms with van der Waals surface area (Å²) >= 11 is 0. The van der Waals surface area contributed by atoms with Crippen LogP contribution in [0.15, 0.2) is 41.3 Å². The summed E-state index contributed by atoms with van der Waals surface area (Å²) in [6.45, 7) is 6.65. The molecule has 0 unspecified atom stereocenters. The van der Waals surface area contributed by atoms with Crippen LogP contribution in [-0.4, -0.2) is 34.1 Å². The van der Waals surface area contributed by atoms with Gasteiger partial charge in [-0.15, -0.1) is 0 Å². The standard InChI is InChI=1S/C19H24N2O6S/c1-4-25-16-10-13(11-17(26-5-2)18(16)27-6-3)19(22)21-14-8-7-9-15(12-14)28(20,23)24/h7-12H,4-6H2,1-3H3,(H,21,22)(H2,20,23,24). The first-order valence-electron chi connectivity index (χ1n) is 8.80. The van der Waals surface area contributed by atoms with E-state index in [2.05, 4.69) is 5.32 Å². The number of nitrogens with two attached hydrogens (primary N) is 1. The van der Waals surface area contributed by atoms with E-state index in [1.54, 1.807) is 18.2 Å². The Labute approximate surface area is 164 Å². The zero-order chi connectivity index (χ0) is 20.7. The van der Waals surface area contributed by atoms with Crippen LogP contribution in [0.2, 0.25) is 0 Å². The van der Waals surface area contributed by atoms with Crippen molar-refractivity contribution in [2.45, 2.75) is 25.7 Å². The monoisotopic (exact) mass is 408 g/mol. The molecule has 9 heteroatoms. The minimum atomic E-state index is -3.87. The maximum absolute atomic E-state index is 12.7. The van der Waals surface area contributed by atoms with Crippen molar-refractivity contribution in [1.29, 1.82) is 0 Å². The van der Waals surface area contributed by atoms with E-state index >= 15 is 0 Å². The summed E-state index contributed by atoms with van der Waals surface area (Å²) in [5.41, 5.74) is 0.567. The van der Waals surface area contributed by atoms with Crippen LogP contribution in [0.1, 0.15) is 31.1 Å². The van der Waals surface area contributed by atoms with Gasteiger partial charge >= 0.3 is 0 Å². The second-order valence-corrected chi connectivity index (χ2v) is 7.19. The van der Waals surface area contributed by atoms with Crippen LogP contribution in [0.5, 0.6) is 17.2 Å². The van der Waals surface area contributed by atoms with Crippen molar-refractivity contribution in [1.82, 2.24) is 0 Å². The van der Waals surface area contributed by atoms with Gasteiger partial charge in [0, 0.05) is 11.3 Å². The number of rotatable bonds is 9. The van der Waals surface area contributed by atoms with Crippen LogP contribution in [-0.2, 0) is 10.0 Å². The van der Waals surface area contributed by atoms with Crippen molar-refractivity contribution in [2.24, 2.45) is 5.14 Å². The number of carbonyl (C=O) groups excluding carboxylic acids is 1. The van der Waals surface area contributed by atoms with Crippen LogP contribution >= 0.6 is 0 Å². The van der Waals surface area contributed by atoms with Gasteiger partial charge in [-0.1, -0.05) is 6.07 Å². The smallest absolute Gasteiger partial charge is 0.255 e. The number of primary sulfonamides is 1. The molecule has 0 aliphatic carbocycles. The van der Waals surface area contributed by atoms with Crippen LogP contribution in [0, 0.1) is 0 Å². The highest BCUT2D eigenvalue weighted by Gasteiger charge is 2.19. The molecule has 0 saturated carbocycles. The number of hydrogen-bond donors (Lipinski definition) is 2. The molecule has 2 aromatic rings. The molecule has 3 N–H and O–H groups in total. The lowest BCUT2D eigenvalue weighted by molar-refractivity contribution is 0.102. The predicted octanol–water partition coefficient (Wildman–Crippen LogP) is 2.78. The van der Waals surface area contributed by atoms with E-state index < -0.39 is 15.9 Å². The minimum absolute atomic E-state index is 0.0954. The molecular weight excluding hydrogens is 384 g/mol. The van der Waals surface area contributed by atoms with Gasteiger partial charge in [0.05, 0.1) is 24.7 Å². The first-order valence-corrected chi connectivity index (χ1v) is 10.3. The molecule has 1 amide bonds. The minimum Gasteiger partial charge on any atom is -0.490 e. The van der Waals surface area contributed by atoms with Crippen LogP contribution in [0.25, 0.3) is 0 Å². The van der Waals surface area contributed by atoms with Crippen LogP contribution in [0.3, 0.4) is 0 Å². The third kappa shape index (κ3) is 5.37.